The number of aromatic nitrogens is 3. The molecule has 6 nitrogen and oxygen atoms in total. The van der Waals surface area contributed by atoms with Crippen molar-refractivity contribution in [1.82, 2.24) is 19.9 Å². The summed E-state index contributed by atoms with van der Waals surface area (Å²) in [6.45, 7) is 1.34. The molecule has 1 aromatic heterocycles. The Labute approximate surface area is 117 Å². The van der Waals surface area contributed by atoms with Crippen LogP contribution >= 0.6 is 0 Å². The number of benzene rings is 1. The summed E-state index contributed by atoms with van der Waals surface area (Å²) in [4.78, 5) is 16.0. The maximum absolute atomic E-state index is 12.5. The topological polar surface area (TPSA) is 60.2 Å². The van der Waals surface area contributed by atoms with Crippen molar-refractivity contribution in [2.45, 2.75) is 12.5 Å². The summed E-state index contributed by atoms with van der Waals surface area (Å²) in [6, 6.07) is 7.45. The zero-order chi connectivity index (χ0) is 13.9. The van der Waals surface area contributed by atoms with Crippen LogP contribution < -0.4 is 4.74 Å². The lowest BCUT2D eigenvalue weighted by atomic mass is 10.2. The van der Waals surface area contributed by atoms with Gasteiger partial charge in [-0.1, -0.05) is 12.1 Å². The van der Waals surface area contributed by atoms with E-state index in [2.05, 4.69) is 10.2 Å². The number of hydrogen-bond donors (Lipinski definition) is 0. The molecule has 0 spiro atoms. The van der Waals surface area contributed by atoms with E-state index in [0.29, 0.717) is 24.4 Å². The van der Waals surface area contributed by atoms with Gasteiger partial charge < -0.3 is 9.64 Å². The molecule has 1 amide bonds. The Morgan fingerprint density at radius 1 is 1.30 bits per heavy atom. The lowest BCUT2D eigenvalue weighted by Crippen LogP contribution is -2.29. The molecule has 1 atom stereocenters. The van der Waals surface area contributed by atoms with Crippen molar-refractivity contribution in [3.63, 3.8) is 0 Å². The summed E-state index contributed by atoms with van der Waals surface area (Å²) in [5.74, 6) is 0.607. The molecule has 0 bridgehead atoms. The van der Waals surface area contributed by atoms with Crippen LogP contribution in [-0.2, 0) is 0 Å². The fourth-order valence-corrected chi connectivity index (χ4v) is 2.52. The van der Waals surface area contributed by atoms with Crippen LogP contribution in [0.1, 0.15) is 22.8 Å². The number of amides is 1. The van der Waals surface area contributed by atoms with Crippen LogP contribution in [0.25, 0.3) is 0 Å². The zero-order valence-corrected chi connectivity index (χ0v) is 11.3. The summed E-state index contributed by atoms with van der Waals surface area (Å²) in [7, 11) is 1.58. The van der Waals surface area contributed by atoms with E-state index in [0.717, 1.165) is 6.42 Å². The van der Waals surface area contributed by atoms with Crippen molar-refractivity contribution < 1.29 is 9.53 Å². The van der Waals surface area contributed by atoms with Crippen molar-refractivity contribution in [3.05, 3.63) is 42.2 Å². The second-order valence-corrected chi connectivity index (χ2v) is 4.74. The van der Waals surface area contributed by atoms with Gasteiger partial charge in [0.05, 0.1) is 31.1 Å². The Kier molecular flexibility index (Phi) is 3.37. The molecule has 1 aliphatic heterocycles. The first kappa shape index (κ1) is 12.7. The third kappa shape index (κ3) is 2.24. The maximum Gasteiger partial charge on any atom is 0.257 e. The molecule has 1 saturated heterocycles. The van der Waals surface area contributed by atoms with E-state index in [9.17, 15) is 4.79 Å². The van der Waals surface area contributed by atoms with Crippen molar-refractivity contribution in [2.75, 3.05) is 20.2 Å². The molecule has 1 aliphatic rings. The highest BCUT2D eigenvalue weighted by atomic mass is 16.5. The first-order valence-electron chi connectivity index (χ1n) is 6.57. The molecule has 0 saturated carbocycles. The Morgan fingerprint density at radius 2 is 2.05 bits per heavy atom. The number of methoxy groups -OCH3 is 1. The molecule has 3 rings (SSSR count). The standard InChI is InChI=1S/C14H16N4O2/c1-20-13-5-3-2-4-12(13)14(19)17-9-6-11(10-17)18-15-7-8-16-18/h2-5,7-8,11H,6,9-10H2,1H3. The minimum absolute atomic E-state index is 0.00268. The number of ether oxygens (including phenoxy) is 1. The lowest BCUT2D eigenvalue weighted by Gasteiger charge is -2.17. The van der Waals surface area contributed by atoms with E-state index in [4.69, 9.17) is 4.74 Å². The summed E-state index contributed by atoms with van der Waals surface area (Å²) < 4.78 is 5.25. The van der Waals surface area contributed by atoms with Gasteiger partial charge in [0.15, 0.2) is 0 Å². The van der Waals surface area contributed by atoms with E-state index >= 15 is 0 Å². The first-order chi connectivity index (χ1) is 9.79. The van der Waals surface area contributed by atoms with Gasteiger partial charge >= 0.3 is 0 Å². The number of hydrogen-bond acceptors (Lipinski definition) is 4. The Balaban J connectivity index is 1.76. The molecule has 0 N–H and O–H groups in total. The first-order valence-corrected chi connectivity index (χ1v) is 6.57. The molecule has 20 heavy (non-hydrogen) atoms. The van der Waals surface area contributed by atoms with Crippen LogP contribution in [0.2, 0.25) is 0 Å². The predicted molar refractivity (Wildman–Crippen MR) is 72.6 cm³/mol. The number of para-hydroxylation sites is 1. The van der Waals surface area contributed by atoms with Crippen LogP contribution in [0.15, 0.2) is 36.7 Å². The van der Waals surface area contributed by atoms with E-state index in [-0.39, 0.29) is 11.9 Å². The highest BCUT2D eigenvalue weighted by molar-refractivity contribution is 5.97. The number of nitrogens with zero attached hydrogens (tertiary/aromatic N) is 4. The number of carbonyl (C=O) groups is 1. The molecule has 2 heterocycles. The smallest absolute Gasteiger partial charge is 0.257 e. The quantitative estimate of drug-likeness (QED) is 0.846. The summed E-state index contributed by atoms with van der Waals surface area (Å²) in [5.41, 5.74) is 0.601. The zero-order valence-electron chi connectivity index (χ0n) is 11.3. The SMILES string of the molecule is COc1ccccc1C(=O)N1CCC(n2nccn2)C1. The van der Waals surface area contributed by atoms with Crippen LogP contribution in [-0.4, -0.2) is 46.0 Å². The molecular weight excluding hydrogens is 256 g/mol. The van der Waals surface area contributed by atoms with Crippen molar-refractivity contribution in [3.8, 4) is 5.75 Å². The third-order valence-corrected chi connectivity index (χ3v) is 3.55. The molecule has 1 unspecified atom stereocenters. The fourth-order valence-electron chi connectivity index (χ4n) is 2.52. The van der Waals surface area contributed by atoms with Gasteiger partial charge in [0, 0.05) is 13.1 Å². The van der Waals surface area contributed by atoms with Gasteiger partial charge in [-0.15, -0.1) is 0 Å². The number of rotatable bonds is 3. The maximum atomic E-state index is 12.5. The number of likely N-dealkylation sites (tertiary alicyclic amines) is 1. The van der Waals surface area contributed by atoms with Crippen LogP contribution in [0.4, 0.5) is 0 Å². The van der Waals surface area contributed by atoms with E-state index < -0.39 is 0 Å². The molecule has 1 fully saturated rings. The molecule has 104 valence electrons. The highest BCUT2D eigenvalue weighted by Crippen LogP contribution is 2.25. The second-order valence-electron chi connectivity index (χ2n) is 4.74. The van der Waals surface area contributed by atoms with Crippen LogP contribution in [0.5, 0.6) is 5.75 Å². The van der Waals surface area contributed by atoms with E-state index in [1.54, 1.807) is 36.4 Å². The van der Waals surface area contributed by atoms with Gasteiger partial charge in [-0.25, -0.2) is 0 Å². The predicted octanol–water partition coefficient (Wildman–Crippen LogP) is 1.37. The van der Waals surface area contributed by atoms with Crippen molar-refractivity contribution in [1.29, 1.82) is 0 Å². The average molecular weight is 272 g/mol. The van der Waals surface area contributed by atoms with Gasteiger partial charge in [0.25, 0.3) is 5.91 Å². The monoisotopic (exact) mass is 272 g/mol. The van der Waals surface area contributed by atoms with E-state index in [1.165, 1.54) is 0 Å². The van der Waals surface area contributed by atoms with Crippen LogP contribution in [0, 0.1) is 0 Å². The fraction of sp³-hybridized carbons (Fsp3) is 0.357. The summed E-state index contributed by atoms with van der Waals surface area (Å²) in [5, 5.41) is 8.28. The minimum atomic E-state index is -0.00268. The molecular formula is C14H16N4O2. The van der Waals surface area contributed by atoms with Gasteiger partial charge in [-0.2, -0.15) is 15.0 Å². The molecule has 6 heteroatoms. The van der Waals surface area contributed by atoms with E-state index in [1.807, 2.05) is 17.0 Å². The van der Waals surface area contributed by atoms with Crippen molar-refractivity contribution in [2.24, 2.45) is 0 Å². The Hall–Kier alpha value is -2.37. The van der Waals surface area contributed by atoms with Crippen LogP contribution in [0.3, 0.4) is 0 Å². The second kappa shape index (κ2) is 5.32. The minimum Gasteiger partial charge on any atom is -0.496 e. The van der Waals surface area contributed by atoms with Gasteiger partial charge in [-0.3, -0.25) is 4.79 Å². The average Bonchev–Trinajstić information content (AvgIpc) is 3.16. The van der Waals surface area contributed by atoms with Gasteiger partial charge in [0.2, 0.25) is 0 Å². The van der Waals surface area contributed by atoms with Gasteiger partial charge in [-0.05, 0) is 18.6 Å². The Bertz CT molecular complexity index is 597. The normalized spacial score (nSPS) is 18.2. The molecule has 0 radical (unpaired) electrons. The summed E-state index contributed by atoms with van der Waals surface area (Å²) in [6.07, 6.45) is 4.19. The third-order valence-electron chi connectivity index (χ3n) is 3.55. The highest BCUT2D eigenvalue weighted by Gasteiger charge is 2.30. The lowest BCUT2D eigenvalue weighted by molar-refractivity contribution is 0.0783. The number of carbonyl (C=O) groups excluding carboxylic acids is 1. The van der Waals surface area contributed by atoms with Crippen molar-refractivity contribution >= 4 is 5.91 Å². The molecule has 1 aromatic carbocycles. The van der Waals surface area contributed by atoms with Gasteiger partial charge in [0.1, 0.15) is 5.75 Å². The molecule has 2 aromatic rings. The summed E-state index contributed by atoms with van der Waals surface area (Å²) >= 11 is 0. The largest absolute Gasteiger partial charge is 0.496 e. The Morgan fingerprint density at radius 3 is 2.80 bits per heavy atom. The molecule has 0 aliphatic carbocycles.